The Morgan fingerprint density at radius 2 is 1.68 bits per heavy atom. The molecule has 0 radical (unpaired) electrons. The van der Waals surface area contributed by atoms with Gasteiger partial charge >= 0.3 is 0 Å². The molecule has 0 saturated heterocycles. The number of nitrogens with one attached hydrogen (secondary N) is 1. The van der Waals surface area contributed by atoms with Crippen LogP contribution in [0, 0.1) is 3.57 Å². The quantitative estimate of drug-likeness (QED) is 0.842. The zero-order chi connectivity index (χ0) is 13.8. The van der Waals surface area contributed by atoms with Crippen molar-refractivity contribution in [3.63, 3.8) is 0 Å². The van der Waals surface area contributed by atoms with Crippen molar-refractivity contribution in [2.75, 3.05) is 24.3 Å². The fourth-order valence-corrected chi connectivity index (χ4v) is 2.19. The first-order valence-corrected chi connectivity index (χ1v) is 6.99. The Morgan fingerprint density at radius 1 is 1.05 bits per heavy atom. The monoisotopic (exact) mass is 366 g/mol. The number of carbonyl (C=O) groups excluding carboxylic acids is 1. The van der Waals surface area contributed by atoms with Crippen LogP contribution in [0.2, 0.25) is 0 Å². The Hall–Kier alpha value is -1.56. The van der Waals surface area contributed by atoms with Crippen LogP contribution in [0.5, 0.6) is 0 Å². The first kappa shape index (κ1) is 13.9. The lowest BCUT2D eigenvalue weighted by atomic mass is 10.2. The van der Waals surface area contributed by atoms with Crippen LogP contribution in [0.1, 0.15) is 10.4 Å². The van der Waals surface area contributed by atoms with Crippen LogP contribution in [0.25, 0.3) is 0 Å². The van der Waals surface area contributed by atoms with Gasteiger partial charge in [0.15, 0.2) is 0 Å². The predicted octanol–water partition coefficient (Wildman–Crippen LogP) is 3.61. The summed E-state index contributed by atoms with van der Waals surface area (Å²) in [4.78, 5) is 14.1. The van der Waals surface area contributed by atoms with Crippen molar-refractivity contribution in [3.8, 4) is 0 Å². The third-order valence-electron chi connectivity index (χ3n) is 2.77. The molecule has 0 bridgehead atoms. The lowest BCUT2D eigenvalue weighted by Crippen LogP contribution is -2.13. The van der Waals surface area contributed by atoms with Gasteiger partial charge in [0.05, 0.1) is 5.69 Å². The highest BCUT2D eigenvalue weighted by Gasteiger charge is 2.08. The van der Waals surface area contributed by atoms with Crippen LogP contribution in [0.4, 0.5) is 11.4 Å². The zero-order valence-corrected chi connectivity index (χ0v) is 13.0. The van der Waals surface area contributed by atoms with Crippen molar-refractivity contribution in [2.45, 2.75) is 0 Å². The standard InChI is InChI=1S/C15H15IN2O/c1-18(2)12-9-7-11(8-10-12)15(19)17-14-6-4-3-5-13(14)16/h3-10H,1-2H3,(H,17,19). The van der Waals surface area contributed by atoms with Gasteiger partial charge < -0.3 is 10.2 Å². The maximum absolute atomic E-state index is 12.1. The van der Waals surface area contributed by atoms with E-state index in [0.717, 1.165) is 14.9 Å². The molecule has 98 valence electrons. The van der Waals surface area contributed by atoms with E-state index in [4.69, 9.17) is 0 Å². The molecule has 2 aromatic carbocycles. The number of para-hydroxylation sites is 1. The molecule has 1 N–H and O–H groups in total. The predicted molar refractivity (Wildman–Crippen MR) is 87.9 cm³/mol. The van der Waals surface area contributed by atoms with E-state index in [1.54, 1.807) is 0 Å². The smallest absolute Gasteiger partial charge is 0.255 e. The average molecular weight is 366 g/mol. The summed E-state index contributed by atoms with van der Waals surface area (Å²) in [5.74, 6) is -0.0885. The molecule has 2 aromatic rings. The second-order valence-electron chi connectivity index (χ2n) is 4.38. The third-order valence-corrected chi connectivity index (χ3v) is 3.71. The van der Waals surface area contributed by atoms with Gasteiger partial charge in [-0.05, 0) is 59.0 Å². The summed E-state index contributed by atoms with van der Waals surface area (Å²) in [7, 11) is 3.95. The molecule has 0 aliphatic carbocycles. The summed E-state index contributed by atoms with van der Waals surface area (Å²) in [6.07, 6.45) is 0. The number of amides is 1. The highest BCUT2D eigenvalue weighted by molar-refractivity contribution is 14.1. The Labute approximate surface area is 126 Å². The summed E-state index contributed by atoms with van der Waals surface area (Å²) < 4.78 is 1.03. The number of anilines is 2. The van der Waals surface area contributed by atoms with Gasteiger partial charge in [0.1, 0.15) is 0 Å². The fourth-order valence-electron chi connectivity index (χ4n) is 1.67. The van der Waals surface area contributed by atoms with E-state index in [0.29, 0.717) is 5.56 Å². The number of hydrogen-bond donors (Lipinski definition) is 1. The number of benzene rings is 2. The molecule has 0 aliphatic rings. The summed E-state index contributed by atoms with van der Waals surface area (Å²) in [5.41, 5.74) is 2.57. The van der Waals surface area contributed by atoms with Crippen molar-refractivity contribution < 1.29 is 4.79 Å². The van der Waals surface area contributed by atoms with E-state index in [1.165, 1.54) is 0 Å². The molecule has 1 amide bonds. The molecule has 2 rings (SSSR count). The summed E-state index contributed by atoms with van der Waals surface area (Å²) in [5, 5.41) is 2.92. The molecule has 0 heterocycles. The summed E-state index contributed by atoms with van der Waals surface area (Å²) in [6.45, 7) is 0. The average Bonchev–Trinajstić information content (AvgIpc) is 2.41. The SMILES string of the molecule is CN(C)c1ccc(C(=O)Nc2ccccc2I)cc1. The van der Waals surface area contributed by atoms with E-state index >= 15 is 0 Å². The molecule has 0 saturated carbocycles. The lowest BCUT2D eigenvalue weighted by molar-refractivity contribution is 0.102. The van der Waals surface area contributed by atoms with Crippen molar-refractivity contribution >= 4 is 39.9 Å². The van der Waals surface area contributed by atoms with Crippen LogP contribution in [-0.4, -0.2) is 20.0 Å². The Balaban J connectivity index is 2.14. The number of nitrogens with zero attached hydrogens (tertiary/aromatic N) is 1. The maximum Gasteiger partial charge on any atom is 0.255 e. The summed E-state index contributed by atoms with van der Waals surface area (Å²) in [6, 6.07) is 15.3. The molecule has 3 nitrogen and oxygen atoms in total. The maximum atomic E-state index is 12.1. The van der Waals surface area contributed by atoms with Gasteiger partial charge in [-0.15, -0.1) is 0 Å². The van der Waals surface area contributed by atoms with Gasteiger partial charge in [0, 0.05) is 28.9 Å². The van der Waals surface area contributed by atoms with Crippen LogP contribution in [0.3, 0.4) is 0 Å². The molecular formula is C15H15IN2O. The second kappa shape index (κ2) is 6.06. The number of carbonyl (C=O) groups is 1. The van der Waals surface area contributed by atoms with Gasteiger partial charge in [0.25, 0.3) is 5.91 Å². The topological polar surface area (TPSA) is 32.3 Å². The zero-order valence-electron chi connectivity index (χ0n) is 10.9. The van der Waals surface area contributed by atoms with Crippen molar-refractivity contribution in [3.05, 3.63) is 57.7 Å². The molecule has 0 fully saturated rings. The van der Waals surface area contributed by atoms with Gasteiger partial charge in [-0.2, -0.15) is 0 Å². The van der Waals surface area contributed by atoms with Crippen molar-refractivity contribution in [1.82, 2.24) is 0 Å². The minimum Gasteiger partial charge on any atom is -0.378 e. The highest BCUT2D eigenvalue weighted by Crippen LogP contribution is 2.19. The second-order valence-corrected chi connectivity index (χ2v) is 5.54. The van der Waals surface area contributed by atoms with Gasteiger partial charge in [0.2, 0.25) is 0 Å². The van der Waals surface area contributed by atoms with E-state index in [1.807, 2.05) is 67.5 Å². The van der Waals surface area contributed by atoms with Crippen molar-refractivity contribution in [2.24, 2.45) is 0 Å². The molecule has 0 aromatic heterocycles. The molecule has 0 unspecified atom stereocenters. The molecule has 19 heavy (non-hydrogen) atoms. The highest BCUT2D eigenvalue weighted by atomic mass is 127. The van der Waals surface area contributed by atoms with Crippen LogP contribution >= 0.6 is 22.6 Å². The van der Waals surface area contributed by atoms with Crippen LogP contribution in [-0.2, 0) is 0 Å². The van der Waals surface area contributed by atoms with Crippen LogP contribution in [0.15, 0.2) is 48.5 Å². The molecule has 4 heteroatoms. The van der Waals surface area contributed by atoms with Gasteiger partial charge in [-0.3, -0.25) is 4.79 Å². The van der Waals surface area contributed by atoms with Crippen molar-refractivity contribution in [1.29, 1.82) is 0 Å². The molecular weight excluding hydrogens is 351 g/mol. The van der Waals surface area contributed by atoms with E-state index < -0.39 is 0 Å². The number of rotatable bonds is 3. The fraction of sp³-hybridized carbons (Fsp3) is 0.133. The van der Waals surface area contributed by atoms with Gasteiger partial charge in [-0.1, -0.05) is 12.1 Å². The molecule has 0 atom stereocenters. The number of hydrogen-bond acceptors (Lipinski definition) is 2. The number of halogens is 1. The summed E-state index contributed by atoms with van der Waals surface area (Å²) >= 11 is 2.21. The molecule has 0 spiro atoms. The van der Waals surface area contributed by atoms with E-state index in [9.17, 15) is 4.79 Å². The van der Waals surface area contributed by atoms with E-state index in [2.05, 4.69) is 27.9 Å². The third kappa shape index (κ3) is 3.47. The van der Waals surface area contributed by atoms with Gasteiger partial charge in [-0.25, -0.2) is 0 Å². The minimum absolute atomic E-state index is 0.0885. The molecule has 0 aliphatic heterocycles. The largest absolute Gasteiger partial charge is 0.378 e. The first-order chi connectivity index (χ1) is 9.08. The lowest BCUT2D eigenvalue weighted by Gasteiger charge is -2.13. The normalized spacial score (nSPS) is 10.1. The van der Waals surface area contributed by atoms with E-state index in [-0.39, 0.29) is 5.91 Å². The first-order valence-electron chi connectivity index (χ1n) is 5.91. The Bertz CT molecular complexity index is 579. The minimum atomic E-state index is -0.0885. The Kier molecular flexibility index (Phi) is 4.42. The van der Waals surface area contributed by atoms with Crippen LogP contribution < -0.4 is 10.2 Å². The Morgan fingerprint density at radius 3 is 2.26 bits per heavy atom.